The van der Waals surface area contributed by atoms with Crippen molar-refractivity contribution in [2.75, 3.05) is 26.7 Å². The zero-order valence-corrected chi connectivity index (χ0v) is 19.2. The minimum atomic E-state index is -1.08. The number of piperidine rings is 1. The summed E-state index contributed by atoms with van der Waals surface area (Å²) in [6.07, 6.45) is 3.46. The van der Waals surface area contributed by atoms with Crippen molar-refractivity contribution in [3.8, 4) is 11.1 Å². The lowest BCUT2D eigenvalue weighted by molar-refractivity contribution is -0.0447. The summed E-state index contributed by atoms with van der Waals surface area (Å²) in [7, 11) is 1.54. The van der Waals surface area contributed by atoms with E-state index in [0.717, 1.165) is 49.0 Å². The van der Waals surface area contributed by atoms with Crippen LogP contribution in [0.4, 0.5) is 4.79 Å². The molecule has 1 saturated heterocycles. The number of carbonyl (C=O) groups excluding carboxylic acids is 1. The number of amides is 1. The summed E-state index contributed by atoms with van der Waals surface area (Å²) in [6, 6.07) is 14.1. The van der Waals surface area contributed by atoms with Gasteiger partial charge in [0.05, 0.1) is 12.2 Å². The van der Waals surface area contributed by atoms with E-state index in [0.29, 0.717) is 17.9 Å². The fourth-order valence-electron chi connectivity index (χ4n) is 4.52. The molecule has 0 radical (unpaired) electrons. The van der Waals surface area contributed by atoms with Crippen LogP contribution in [0.15, 0.2) is 42.5 Å². The normalized spacial score (nSPS) is 18.3. The molecule has 3 rings (SSSR count). The molecule has 0 bridgehead atoms. The maximum atomic E-state index is 12.2. The summed E-state index contributed by atoms with van der Waals surface area (Å²) in [6.45, 7) is 4.09. The first-order valence-corrected chi connectivity index (χ1v) is 11.5. The van der Waals surface area contributed by atoms with Gasteiger partial charge in [-0.15, -0.1) is 0 Å². The number of halogens is 1. The van der Waals surface area contributed by atoms with Gasteiger partial charge in [0, 0.05) is 30.1 Å². The lowest BCUT2D eigenvalue weighted by Gasteiger charge is -2.40. The Balaban J connectivity index is 2.00. The molecule has 2 aromatic rings. The molecule has 6 heteroatoms. The van der Waals surface area contributed by atoms with Crippen LogP contribution in [0.1, 0.15) is 43.7 Å². The summed E-state index contributed by atoms with van der Waals surface area (Å²) in [5.41, 5.74) is 2.90. The minimum Gasteiger partial charge on any atom is -0.450 e. The molecule has 0 saturated carbocycles. The van der Waals surface area contributed by atoms with Gasteiger partial charge in [0.1, 0.15) is 0 Å². The first-order chi connectivity index (χ1) is 15.0. The van der Waals surface area contributed by atoms with Gasteiger partial charge in [-0.2, -0.15) is 0 Å². The zero-order valence-electron chi connectivity index (χ0n) is 18.4. The van der Waals surface area contributed by atoms with Gasteiger partial charge in [-0.1, -0.05) is 54.9 Å². The number of aliphatic hydroxyl groups is 1. The highest BCUT2D eigenvalue weighted by Crippen LogP contribution is 2.44. The number of aryl methyl sites for hydroxylation is 1. The van der Waals surface area contributed by atoms with Gasteiger partial charge in [0.25, 0.3) is 0 Å². The summed E-state index contributed by atoms with van der Waals surface area (Å²) >= 11 is 6.72. The van der Waals surface area contributed by atoms with E-state index in [2.05, 4.69) is 35.8 Å². The lowest BCUT2D eigenvalue weighted by Crippen LogP contribution is -2.44. The third-order valence-electron chi connectivity index (χ3n) is 6.22. The standard InChI is InChI=1S/C25H33ClN2O3/c1-3-18-8-4-9-19(16-18)23-21(11-5-12-22(23)26)25(30,20-10-6-14-28-17-20)13-7-15-31-24(29)27-2/h4-5,8-9,11-12,16,20,28,30H,3,6-7,10,13-15,17H2,1-2H3,(H,27,29). The molecule has 0 aromatic heterocycles. The van der Waals surface area contributed by atoms with Crippen LogP contribution in [-0.2, 0) is 16.8 Å². The number of ether oxygens (including phenoxy) is 1. The third-order valence-corrected chi connectivity index (χ3v) is 6.53. The van der Waals surface area contributed by atoms with Gasteiger partial charge in [-0.05, 0) is 61.4 Å². The Morgan fingerprint density at radius 2 is 2.13 bits per heavy atom. The highest BCUT2D eigenvalue weighted by Gasteiger charge is 2.40. The number of hydrogen-bond acceptors (Lipinski definition) is 4. The number of nitrogens with one attached hydrogen (secondary N) is 2. The highest BCUT2D eigenvalue weighted by molar-refractivity contribution is 6.33. The molecule has 31 heavy (non-hydrogen) atoms. The number of benzene rings is 2. The van der Waals surface area contributed by atoms with Crippen molar-refractivity contribution in [2.24, 2.45) is 5.92 Å². The van der Waals surface area contributed by atoms with Gasteiger partial charge in [-0.25, -0.2) is 4.79 Å². The van der Waals surface area contributed by atoms with Crippen LogP contribution in [-0.4, -0.2) is 37.9 Å². The van der Waals surface area contributed by atoms with E-state index in [1.165, 1.54) is 12.6 Å². The Kier molecular flexibility index (Phi) is 8.35. The first kappa shape index (κ1) is 23.6. The molecule has 1 aliphatic rings. The molecule has 0 aliphatic carbocycles. The number of alkyl carbamates (subject to hydrolysis) is 1. The second-order valence-electron chi connectivity index (χ2n) is 8.17. The molecule has 1 amide bonds. The van der Waals surface area contributed by atoms with Gasteiger partial charge in [0.15, 0.2) is 0 Å². The van der Waals surface area contributed by atoms with Gasteiger partial charge in [-0.3, -0.25) is 0 Å². The Labute approximate surface area is 190 Å². The SMILES string of the molecule is CCc1cccc(-c2c(Cl)cccc2C(O)(CCCOC(=O)NC)C2CCCNC2)c1. The van der Waals surface area contributed by atoms with Gasteiger partial charge in [0.2, 0.25) is 0 Å². The van der Waals surface area contributed by atoms with Gasteiger partial charge < -0.3 is 20.5 Å². The van der Waals surface area contributed by atoms with Crippen molar-refractivity contribution in [1.82, 2.24) is 10.6 Å². The van der Waals surface area contributed by atoms with Crippen LogP contribution in [0.2, 0.25) is 5.02 Å². The lowest BCUT2D eigenvalue weighted by atomic mass is 9.72. The minimum absolute atomic E-state index is 0.0489. The molecular weight excluding hydrogens is 412 g/mol. The Morgan fingerprint density at radius 3 is 2.84 bits per heavy atom. The van der Waals surface area contributed by atoms with Crippen molar-refractivity contribution in [1.29, 1.82) is 0 Å². The van der Waals surface area contributed by atoms with E-state index in [1.807, 2.05) is 24.3 Å². The van der Waals surface area contributed by atoms with Crippen LogP contribution in [0, 0.1) is 5.92 Å². The van der Waals surface area contributed by atoms with Crippen LogP contribution in [0.3, 0.4) is 0 Å². The summed E-state index contributed by atoms with van der Waals surface area (Å²) in [5, 5.41) is 18.7. The van der Waals surface area contributed by atoms with Crippen molar-refractivity contribution in [3.63, 3.8) is 0 Å². The predicted octanol–water partition coefficient (Wildman–Crippen LogP) is 4.89. The smallest absolute Gasteiger partial charge is 0.406 e. The van der Waals surface area contributed by atoms with Crippen molar-refractivity contribution in [3.05, 3.63) is 58.6 Å². The maximum absolute atomic E-state index is 12.2. The predicted molar refractivity (Wildman–Crippen MR) is 125 cm³/mol. The second-order valence-corrected chi connectivity index (χ2v) is 8.58. The van der Waals surface area contributed by atoms with Gasteiger partial charge >= 0.3 is 6.09 Å². The molecule has 5 nitrogen and oxygen atoms in total. The molecule has 2 atom stereocenters. The highest BCUT2D eigenvalue weighted by atomic mass is 35.5. The van der Waals surface area contributed by atoms with Crippen LogP contribution in [0.5, 0.6) is 0 Å². The molecule has 2 unspecified atom stereocenters. The molecule has 3 N–H and O–H groups in total. The average molecular weight is 445 g/mol. The fraction of sp³-hybridized carbons (Fsp3) is 0.480. The molecule has 1 heterocycles. The largest absolute Gasteiger partial charge is 0.450 e. The average Bonchev–Trinajstić information content (AvgIpc) is 2.81. The van der Waals surface area contributed by atoms with Crippen LogP contribution >= 0.6 is 11.6 Å². The molecule has 1 aliphatic heterocycles. The Bertz CT molecular complexity index is 883. The van der Waals surface area contributed by atoms with E-state index in [9.17, 15) is 9.90 Å². The molecule has 1 fully saturated rings. The first-order valence-electron chi connectivity index (χ1n) is 11.2. The Morgan fingerprint density at radius 1 is 1.32 bits per heavy atom. The quantitative estimate of drug-likeness (QED) is 0.507. The van der Waals surface area contributed by atoms with E-state index in [-0.39, 0.29) is 12.5 Å². The summed E-state index contributed by atoms with van der Waals surface area (Å²) in [5.74, 6) is 0.0489. The Hall–Kier alpha value is -2.08. The molecule has 168 valence electrons. The molecule has 2 aromatic carbocycles. The van der Waals surface area contributed by atoms with E-state index in [4.69, 9.17) is 16.3 Å². The van der Waals surface area contributed by atoms with Crippen molar-refractivity contribution in [2.45, 2.75) is 44.6 Å². The molecular formula is C25H33ClN2O3. The summed E-state index contributed by atoms with van der Waals surface area (Å²) < 4.78 is 5.18. The third kappa shape index (κ3) is 5.59. The van der Waals surface area contributed by atoms with Crippen molar-refractivity contribution >= 4 is 17.7 Å². The van der Waals surface area contributed by atoms with E-state index < -0.39 is 11.7 Å². The van der Waals surface area contributed by atoms with E-state index in [1.54, 1.807) is 0 Å². The maximum Gasteiger partial charge on any atom is 0.406 e. The van der Waals surface area contributed by atoms with Crippen LogP contribution in [0.25, 0.3) is 11.1 Å². The van der Waals surface area contributed by atoms with Crippen molar-refractivity contribution < 1.29 is 14.6 Å². The monoisotopic (exact) mass is 444 g/mol. The number of rotatable bonds is 8. The topological polar surface area (TPSA) is 70.6 Å². The number of hydrogen-bond donors (Lipinski definition) is 3. The van der Waals surface area contributed by atoms with Crippen LogP contribution < -0.4 is 10.6 Å². The number of carbonyl (C=O) groups is 1. The van der Waals surface area contributed by atoms with E-state index >= 15 is 0 Å². The zero-order chi connectivity index (χ0) is 22.3. The second kappa shape index (κ2) is 11.0. The fourth-order valence-corrected chi connectivity index (χ4v) is 4.81. The molecule has 0 spiro atoms. The summed E-state index contributed by atoms with van der Waals surface area (Å²) in [4.78, 5) is 11.4.